The molecule has 3 nitrogen and oxygen atoms in total. The zero-order valence-electron chi connectivity index (χ0n) is 9.52. The zero-order chi connectivity index (χ0) is 11.2. The Morgan fingerprint density at radius 1 is 1.62 bits per heavy atom. The van der Waals surface area contributed by atoms with Crippen LogP contribution in [0.15, 0.2) is 22.5 Å². The van der Waals surface area contributed by atoms with Crippen LogP contribution < -0.4 is 5.73 Å². The van der Waals surface area contributed by atoms with Gasteiger partial charge in [-0.2, -0.15) is 0 Å². The predicted octanol–water partition coefficient (Wildman–Crippen LogP) is 2.05. The molecular formula is C12H17N3S. The lowest BCUT2D eigenvalue weighted by molar-refractivity contribution is 0.186. The number of nitrogens with two attached hydrogens (primary N) is 1. The van der Waals surface area contributed by atoms with Crippen LogP contribution in [0.2, 0.25) is 0 Å². The second-order valence-electron chi connectivity index (χ2n) is 4.97. The van der Waals surface area contributed by atoms with Gasteiger partial charge in [-0.3, -0.25) is 4.99 Å². The van der Waals surface area contributed by atoms with Gasteiger partial charge in [0.1, 0.15) is 0 Å². The SMILES string of the molecule is CC1(C2CC2)CN=C(N)N1Cc1cccs1. The smallest absolute Gasteiger partial charge is 0.192 e. The molecule has 0 amide bonds. The maximum absolute atomic E-state index is 6.02. The van der Waals surface area contributed by atoms with Gasteiger partial charge in [-0.1, -0.05) is 6.07 Å². The molecule has 2 aliphatic rings. The van der Waals surface area contributed by atoms with E-state index in [9.17, 15) is 0 Å². The van der Waals surface area contributed by atoms with Gasteiger partial charge in [0.05, 0.1) is 18.6 Å². The maximum Gasteiger partial charge on any atom is 0.192 e. The first-order valence-corrected chi connectivity index (χ1v) is 6.68. The van der Waals surface area contributed by atoms with Crippen molar-refractivity contribution in [1.82, 2.24) is 4.90 Å². The van der Waals surface area contributed by atoms with Gasteiger partial charge >= 0.3 is 0 Å². The second kappa shape index (κ2) is 3.48. The summed E-state index contributed by atoms with van der Waals surface area (Å²) in [5.41, 5.74) is 6.19. The van der Waals surface area contributed by atoms with E-state index < -0.39 is 0 Å². The Morgan fingerprint density at radius 3 is 3.06 bits per heavy atom. The normalized spacial score (nSPS) is 29.6. The van der Waals surface area contributed by atoms with E-state index in [0.29, 0.717) is 0 Å². The van der Waals surface area contributed by atoms with Crippen molar-refractivity contribution in [3.8, 4) is 0 Å². The van der Waals surface area contributed by atoms with Gasteiger partial charge < -0.3 is 10.6 Å². The highest BCUT2D eigenvalue weighted by Crippen LogP contribution is 2.45. The first kappa shape index (κ1) is 10.1. The van der Waals surface area contributed by atoms with Crippen molar-refractivity contribution < 1.29 is 0 Å². The van der Waals surface area contributed by atoms with E-state index in [1.165, 1.54) is 17.7 Å². The molecule has 3 rings (SSSR count). The Balaban J connectivity index is 1.82. The summed E-state index contributed by atoms with van der Waals surface area (Å²) in [5.74, 6) is 1.51. The van der Waals surface area contributed by atoms with Gasteiger partial charge in [0.25, 0.3) is 0 Å². The molecule has 0 bridgehead atoms. The minimum Gasteiger partial charge on any atom is -0.370 e. The van der Waals surface area contributed by atoms with Crippen molar-refractivity contribution in [1.29, 1.82) is 0 Å². The maximum atomic E-state index is 6.02. The number of rotatable bonds is 3. The van der Waals surface area contributed by atoms with Gasteiger partial charge in [-0.15, -0.1) is 11.3 Å². The molecule has 4 heteroatoms. The minimum absolute atomic E-state index is 0.175. The van der Waals surface area contributed by atoms with Gasteiger partial charge in [0.15, 0.2) is 5.96 Å². The monoisotopic (exact) mass is 235 g/mol. The Hall–Kier alpha value is -1.03. The largest absolute Gasteiger partial charge is 0.370 e. The van der Waals surface area contributed by atoms with Crippen molar-refractivity contribution in [3.05, 3.63) is 22.4 Å². The minimum atomic E-state index is 0.175. The highest BCUT2D eigenvalue weighted by atomic mass is 32.1. The van der Waals surface area contributed by atoms with Crippen molar-refractivity contribution in [2.75, 3.05) is 6.54 Å². The Bertz CT molecular complexity index is 408. The highest BCUT2D eigenvalue weighted by Gasteiger charge is 2.49. The topological polar surface area (TPSA) is 41.6 Å². The Morgan fingerprint density at radius 2 is 2.44 bits per heavy atom. The molecule has 1 aromatic heterocycles. The van der Waals surface area contributed by atoms with Gasteiger partial charge in [-0.05, 0) is 37.1 Å². The van der Waals surface area contributed by atoms with Gasteiger partial charge in [-0.25, -0.2) is 0 Å². The van der Waals surface area contributed by atoms with Gasteiger partial charge in [0, 0.05) is 4.88 Å². The fourth-order valence-corrected chi connectivity index (χ4v) is 3.24. The summed E-state index contributed by atoms with van der Waals surface area (Å²) in [7, 11) is 0. The average molecular weight is 235 g/mol. The number of thiophene rings is 1. The van der Waals surface area contributed by atoms with Crippen LogP contribution in [-0.2, 0) is 6.54 Å². The van der Waals surface area contributed by atoms with Crippen molar-refractivity contribution in [2.45, 2.75) is 31.8 Å². The molecule has 1 atom stereocenters. The predicted molar refractivity (Wildman–Crippen MR) is 67.5 cm³/mol. The summed E-state index contributed by atoms with van der Waals surface area (Å²) in [4.78, 5) is 8.11. The molecule has 2 heterocycles. The standard InChI is InChI=1S/C12H17N3S/c1-12(9-4-5-9)8-14-11(13)15(12)7-10-3-2-6-16-10/h2-3,6,9H,4-5,7-8H2,1H3,(H2,13,14). The van der Waals surface area contributed by atoms with Crippen LogP contribution in [-0.4, -0.2) is 22.9 Å². The third-order valence-electron chi connectivity index (χ3n) is 3.81. The molecule has 1 aliphatic heterocycles. The first-order valence-electron chi connectivity index (χ1n) is 5.80. The van der Waals surface area contributed by atoms with E-state index in [2.05, 4.69) is 34.3 Å². The highest BCUT2D eigenvalue weighted by molar-refractivity contribution is 7.09. The third-order valence-corrected chi connectivity index (χ3v) is 4.67. The third kappa shape index (κ3) is 1.52. The van der Waals surface area contributed by atoms with E-state index >= 15 is 0 Å². The number of guanidine groups is 1. The lowest BCUT2D eigenvalue weighted by Gasteiger charge is -2.36. The molecule has 1 aliphatic carbocycles. The van der Waals surface area contributed by atoms with Gasteiger partial charge in [0.2, 0.25) is 0 Å². The van der Waals surface area contributed by atoms with Crippen molar-refractivity contribution in [3.63, 3.8) is 0 Å². The fraction of sp³-hybridized carbons (Fsp3) is 0.583. The molecule has 0 saturated heterocycles. The number of aliphatic imine (C=N–C) groups is 1. The molecular weight excluding hydrogens is 218 g/mol. The summed E-state index contributed by atoms with van der Waals surface area (Å²) >= 11 is 1.79. The quantitative estimate of drug-likeness (QED) is 0.871. The number of nitrogens with zero attached hydrogens (tertiary/aromatic N) is 2. The van der Waals surface area contributed by atoms with Crippen LogP contribution in [0, 0.1) is 5.92 Å². The molecule has 1 saturated carbocycles. The zero-order valence-corrected chi connectivity index (χ0v) is 10.3. The second-order valence-corrected chi connectivity index (χ2v) is 6.00. The molecule has 0 spiro atoms. The van der Waals surface area contributed by atoms with Crippen molar-refractivity contribution in [2.24, 2.45) is 16.6 Å². The molecule has 0 radical (unpaired) electrons. The molecule has 1 fully saturated rings. The average Bonchev–Trinajstić information content (AvgIpc) is 2.95. The van der Waals surface area contributed by atoms with Crippen LogP contribution in [0.5, 0.6) is 0 Å². The van der Waals surface area contributed by atoms with Crippen molar-refractivity contribution >= 4 is 17.3 Å². The lowest BCUT2D eigenvalue weighted by atomic mass is 9.95. The fourth-order valence-electron chi connectivity index (χ4n) is 2.55. The molecule has 16 heavy (non-hydrogen) atoms. The van der Waals surface area contributed by atoms with Crippen LogP contribution >= 0.6 is 11.3 Å². The van der Waals surface area contributed by atoms with Crippen LogP contribution in [0.25, 0.3) is 0 Å². The summed E-state index contributed by atoms with van der Waals surface area (Å²) in [6.07, 6.45) is 2.67. The van der Waals surface area contributed by atoms with E-state index in [1.54, 1.807) is 11.3 Å². The molecule has 1 unspecified atom stereocenters. The summed E-state index contributed by atoms with van der Waals surface area (Å²) < 4.78 is 0. The molecule has 1 aromatic rings. The number of hydrogen-bond acceptors (Lipinski definition) is 4. The van der Waals surface area contributed by atoms with Crippen LogP contribution in [0.3, 0.4) is 0 Å². The molecule has 2 N–H and O–H groups in total. The molecule has 86 valence electrons. The first-order chi connectivity index (χ1) is 7.70. The Labute approximate surface area is 100.0 Å². The summed E-state index contributed by atoms with van der Waals surface area (Å²) in [5, 5.41) is 2.12. The van der Waals surface area contributed by atoms with E-state index in [0.717, 1.165) is 25.0 Å². The van der Waals surface area contributed by atoms with E-state index in [1.807, 2.05) is 0 Å². The lowest BCUT2D eigenvalue weighted by Crippen LogP contribution is -2.50. The number of hydrogen-bond donors (Lipinski definition) is 1. The summed E-state index contributed by atoms with van der Waals surface area (Å²) in [6, 6.07) is 4.27. The Kier molecular flexibility index (Phi) is 2.21. The molecule has 0 aromatic carbocycles. The van der Waals surface area contributed by atoms with E-state index in [4.69, 9.17) is 5.73 Å². The van der Waals surface area contributed by atoms with Crippen LogP contribution in [0.1, 0.15) is 24.6 Å². The van der Waals surface area contributed by atoms with E-state index in [-0.39, 0.29) is 5.54 Å². The van der Waals surface area contributed by atoms with Crippen LogP contribution in [0.4, 0.5) is 0 Å². The summed E-state index contributed by atoms with van der Waals surface area (Å²) in [6.45, 7) is 4.09.